The number of hydrogen-bond donors (Lipinski definition) is 2. The molecule has 4 heteroatoms. The maximum Gasteiger partial charge on any atom is 0.314 e. The van der Waals surface area contributed by atoms with Gasteiger partial charge in [-0.15, -0.1) is 0 Å². The number of nitrogens with one attached hydrogen (secondary N) is 2. The third-order valence-electron chi connectivity index (χ3n) is 1.66. The molecule has 0 aromatic rings. The molecule has 0 fully saturated rings. The summed E-state index contributed by atoms with van der Waals surface area (Å²) in [5.41, 5.74) is 0. The smallest absolute Gasteiger partial charge is 0.314 e. The first-order chi connectivity index (χ1) is 5.11. The summed E-state index contributed by atoms with van der Waals surface area (Å²) in [6.45, 7) is 3.80. The van der Waals surface area contributed by atoms with E-state index in [9.17, 15) is 4.79 Å². The number of carbonyl (C=O) groups is 1. The Kier molecular flexibility index (Phi) is 4.61. The van der Waals surface area contributed by atoms with Crippen LogP contribution in [0.1, 0.15) is 13.8 Å². The Balaban J connectivity index is 3.67. The predicted molar refractivity (Wildman–Crippen MR) is 43.5 cm³/mol. The highest BCUT2D eigenvalue weighted by molar-refractivity contribution is 5.73. The Morgan fingerprint density at radius 2 is 2.00 bits per heavy atom. The van der Waals surface area contributed by atoms with Gasteiger partial charge in [-0.05, 0) is 13.8 Å². The molecule has 1 unspecified atom stereocenters. The van der Waals surface area contributed by atoms with Crippen LogP contribution >= 0.6 is 0 Å². The molecular weight excluding hydrogens is 144 g/mol. The minimum absolute atomic E-state index is 0.0277. The Morgan fingerprint density at radius 1 is 1.45 bits per heavy atom. The van der Waals surface area contributed by atoms with Crippen molar-refractivity contribution in [1.29, 1.82) is 0 Å². The van der Waals surface area contributed by atoms with Crippen molar-refractivity contribution in [3.05, 3.63) is 0 Å². The van der Waals surface area contributed by atoms with E-state index in [4.69, 9.17) is 4.74 Å². The molecule has 0 aliphatic heterocycles. The maximum absolute atomic E-state index is 10.8. The van der Waals surface area contributed by atoms with Gasteiger partial charge in [0.25, 0.3) is 0 Å². The molecule has 0 bridgehead atoms. The van der Waals surface area contributed by atoms with Gasteiger partial charge in [0.2, 0.25) is 0 Å². The van der Waals surface area contributed by atoms with Crippen LogP contribution in [0.3, 0.4) is 0 Å². The van der Waals surface area contributed by atoms with Crippen LogP contribution in [-0.2, 0) is 4.74 Å². The fourth-order valence-corrected chi connectivity index (χ4v) is 0.600. The number of rotatable bonds is 3. The van der Waals surface area contributed by atoms with Gasteiger partial charge in [-0.2, -0.15) is 0 Å². The van der Waals surface area contributed by atoms with Crippen molar-refractivity contribution in [1.82, 2.24) is 10.6 Å². The van der Waals surface area contributed by atoms with E-state index in [1.807, 2.05) is 13.8 Å². The van der Waals surface area contributed by atoms with Crippen molar-refractivity contribution in [3.63, 3.8) is 0 Å². The van der Waals surface area contributed by atoms with Crippen LogP contribution in [0.4, 0.5) is 4.79 Å². The van der Waals surface area contributed by atoms with Crippen LogP contribution in [0.2, 0.25) is 0 Å². The number of urea groups is 1. The van der Waals surface area contributed by atoms with Crippen LogP contribution < -0.4 is 10.6 Å². The average Bonchev–Trinajstić information content (AvgIpc) is 2.02. The van der Waals surface area contributed by atoms with Gasteiger partial charge in [0, 0.05) is 14.2 Å². The molecule has 0 heterocycles. The van der Waals surface area contributed by atoms with E-state index in [-0.39, 0.29) is 18.2 Å². The summed E-state index contributed by atoms with van der Waals surface area (Å²) in [7, 11) is 3.20. The van der Waals surface area contributed by atoms with E-state index >= 15 is 0 Å². The van der Waals surface area contributed by atoms with E-state index in [0.717, 1.165) is 0 Å². The first-order valence-electron chi connectivity index (χ1n) is 3.62. The van der Waals surface area contributed by atoms with E-state index in [1.165, 1.54) is 0 Å². The summed E-state index contributed by atoms with van der Waals surface area (Å²) in [4.78, 5) is 10.8. The predicted octanol–water partition coefficient (Wildman–Crippen LogP) is 0.339. The number of methoxy groups -OCH3 is 1. The Bertz CT molecular complexity index is 128. The second-order valence-electron chi connectivity index (χ2n) is 2.45. The van der Waals surface area contributed by atoms with E-state index in [2.05, 4.69) is 10.6 Å². The SMILES string of the molecule is CNC(=O)N[C@@H](C)C(C)OC. The lowest BCUT2D eigenvalue weighted by Crippen LogP contribution is -2.44. The molecule has 66 valence electrons. The zero-order chi connectivity index (χ0) is 8.85. The second-order valence-corrected chi connectivity index (χ2v) is 2.45. The minimum atomic E-state index is -0.179. The molecule has 0 rings (SSSR count). The lowest BCUT2D eigenvalue weighted by molar-refractivity contribution is 0.0913. The number of hydrogen-bond acceptors (Lipinski definition) is 2. The molecule has 11 heavy (non-hydrogen) atoms. The largest absolute Gasteiger partial charge is 0.380 e. The van der Waals surface area contributed by atoms with Crippen LogP contribution in [-0.4, -0.2) is 32.3 Å². The fourth-order valence-electron chi connectivity index (χ4n) is 0.600. The van der Waals surface area contributed by atoms with Crippen LogP contribution in [0.25, 0.3) is 0 Å². The van der Waals surface area contributed by atoms with Crippen molar-refractivity contribution in [2.45, 2.75) is 26.0 Å². The highest BCUT2D eigenvalue weighted by Crippen LogP contribution is 1.94. The molecule has 2 amide bonds. The van der Waals surface area contributed by atoms with E-state index in [1.54, 1.807) is 14.2 Å². The molecule has 2 N–H and O–H groups in total. The summed E-state index contributed by atoms with van der Waals surface area (Å²) in [5.74, 6) is 0. The number of ether oxygens (including phenoxy) is 1. The highest BCUT2D eigenvalue weighted by Gasteiger charge is 2.12. The summed E-state index contributed by atoms with van der Waals surface area (Å²) in [6.07, 6.45) is 0.0345. The summed E-state index contributed by atoms with van der Waals surface area (Å²) in [6, 6.07) is -0.152. The highest BCUT2D eigenvalue weighted by atomic mass is 16.5. The third kappa shape index (κ3) is 3.83. The first kappa shape index (κ1) is 10.2. The summed E-state index contributed by atoms with van der Waals surface area (Å²) < 4.78 is 5.01. The van der Waals surface area contributed by atoms with Gasteiger partial charge in [-0.3, -0.25) is 0 Å². The van der Waals surface area contributed by atoms with Crippen LogP contribution in [0.5, 0.6) is 0 Å². The quantitative estimate of drug-likeness (QED) is 0.625. The third-order valence-corrected chi connectivity index (χ3v) is 1.66. The lowest BCUT2D eigenvalue weighted by Gasteiger charge is -2.19. The van der Waals surface area contributed by atoms with Gasteiger partial charge in [-0.25, -0.2) is 4.79 Å². The van der Waals surface area contributed by atoms with Crippen molar-refractivity contribution in [2.24, 2.45) is 0 Å². The monoisotopic (exact) mass is 160 g/mol. The summed E-state index contributed by atoms with van der Waals surface area (Å²) in [5, 5.41) is 5.17. The zero-order valence-electron chi connectivity index (χ0n) is 7.47. The van der Waals surface area contributed by atoms with Crippen LogP contribution in [0, 0.1) is 0 Å². The molecule has 0 spiro atoms. The molecule has 0 aromatic carbocycles. The molecule has 0 aliphatic rings. The molecule has 0 saturated carbocycles. The number of carbonyl (C=O) groups excluding carboxylic acids is 1. The van der Waals surface area contributed by atoms with Gasteiger partial charge < -0.3 is 15.4 Å². The first-order valence-corrected chi connectivity index (χ1v) is 3.62. The summed E-state index contributed by atoms with van der Waals surface area (Å²) >= 11 is 0. The fraction of sp³-hybridized carbons (Fsp3) is 0.857. The zero-order valence-corrected chi connectivity index (χ0v) is 7.47. The molecular formula is C7H16N2O2. The molecule has 4 nitrogen and oxygen atoms in total. The Hall–Kier alpha value is -0.770. The van der Waals surface area contributed by atoms with Gasteiger partial charge in [0.15, 0.2) is 0 Å². The molecule has 2 atom stereocenters. The van der Waals surface area contributed by atoms with Gasteiger partial charge in [-0.1, -0.05) is 0 Å². The standard InChI is InChI=1S/C7H16N2O2/c1-5(6(2)11-4)9-7(10)8-3/h5-6H,1-4H3,(H2,8,9,10)/t5-,6?/m0/s1. The topological polar surface area (TPSA) is 50.4 Å². The van der Waals surface area contributed by atoms with Crippen molar-refractivity contribution in [3.8, 4) is 0 Å². The molecule has 0 saturated heterocycles. The second kappa shape index (κ2) is 4.96. The van der Waals surface area contributed by atoms with Gasteiger partial charge >= 0.3 is 6.03 Å². The normalized spacial score (nSPS) is 15.3. The van der Waals surface area contributed by atoms with Crippen molar-refractivity contribution >= 4 is 6.03 Å². The number of amides is 2. The molecule has 0 radical (unpaired) electrons. The van der Waals surface area contributed by atoms with E-state index < -0.39 is 0 Å². The average molecular weight is 160 g/mol. The van der Waals surface area contributed by atoms with Crippen LogP contribution in [0.15, 0.2) is 0 Å². The van der Waals surface area contributed by atoms with E-state index in [0.29, 0.717) is 0 Å². The maximum atomic E-state index is 10.8. The molecule has 0 aliphatic carbocycles. The minimum Gasteiger partial charge on any atom is -0.380 e. The van der Waals surface area contributed by atoms with Crippen molar-refractivity contribution < 1.29 is 9.53 Å². The lowest BCUT2D eigenvalue weighted by atomic mass is 10.2. The van der Waals surface area contributed by atoms with Crippen molar-refractivity contribution in [2.75, 3.05) is 14.2 Å². The Labute approximate surface area is 67.3 Å². The molecule has 0 aromatic heterocycles. The van der Waals surface area contributed by atoms with Gasteiger partial charge in [0.1, 0.15) is 0 Å². The van der Waals surface area contributed by atoms with Gasteiger partial charge in [0.05, 0.1) is 12.1 Å². The Morgan fingerprint density at radius 3 is 2.36 bits per heavy atom.